The summed E-state index contributed by atoms with van der Waals surface area (Å²) in [5, 5.41) is 16.5. The SMILES string of the molecule is CSCCC(NC(=O)C(CCSC)NC(=O)C(CC(N)=O)NC(=O)C(C)N)C(=O)O. The largest absolute Gasteiger partial charge is 0.480 e. The van der Waals surface area contributed by atoms with Crippen molar-refractivity contribution in [2.24, 2.45) is 11.5 Å². The Morgan fingerprint density at radius 2 is 1.27 bits per heavy atom. The van der Waals surface area contributed by atoms with E-state index >= 15 is 0 Å². The van der Waals surface area contributed by atoms with E-state index in [-0.39, 0.29) is 12.8 Å². The minimum atomic E-state index is -1.31. The molecular weight excluding hydrogens is 434 g/mol. The molecule has 4 atom stereocenters. The summed E-state index contributed by atoms with van der Waals surface area (Å²) >= 11 is 2.88. The first-order chi connectivity index (χ1) is 14.0. The van der Waals surface area contributed by atoms with Crippen molar-refractivity contribution in [2.75, 3.05) is 24.0 Å². The van der Waals surface area contributed by atoms with Crippen LogP contribution < -0.4 is 27.4 Å². The number of aliphatic carboxylic acids is 1. The quantitative estimate of drug-likeness (QED) is 0.163. The van der Waals surface area contributed by atoms with Crippen LogP contribution in [0.1, 0.15) is 26.2 Å². The van der Waals surface area contributed by atoms with Crippen LogP contribution in [0, 0.1) is 0 Å². The summed E-state index contributed by atoms with van der Waals surface area (Å²) in [5.74, 6) is -3.08. The molecule has 8 N–H and O–H groups in total. The zero-order chi connectivity index (χ0) is 23.3. The topological polar surface area (TPSA) is 194 Å². The van der Waals surface area contributed by atoms with E-state index in [9.17, 15) is 29.1 Å². The van der Waals surface area contributed by atoms with Crippen LogP contribution in [-0.2, 0) is 24.0 Å². The van der Waals surface area contributed by atoms with Crippen molar-refractivity contribution < 1.29 is 29.1 Å². The standard InChI is InChI=1S/C17H31N5O6S2/c1-9(18)14(24)22-12(8-13(19)23)16(26)20-10(4-6-29-2)15(25)21-11(17(27)28)5-7-30-3/h9-12H,4-8,18H2,1-3H3,(H2,19,23)(H,20,26)(H,21,25)(H,22,24)(H,27,28). The van der Waals surface area contributed by atoms with Crippen molar-refractivity contribution >= 4 is 53.1 Å². The maximum absolute atomic E-state index is 12.6. The van der Waals surface area contributed by atoms with Crippen molar-refractivity contribution in [2.45, 2.75) is 50.4 Å². The molecule has 4 amide bonds. The smallest absolute Gasteiger partial charge is 0.326 e. The van der Waals surface area contributed by atoms with Gasteiger partial charge in [-0.15, -0.1) is 0 Å². The minimum absolute atomic E-state index is 0.220. The van der Waals surface area contributed by atoms with Crippen molar-refractivity contribution in [3.8, 4) is 0 Å². The average molecular weight is 466 g/mol. The van der Waals surface area contributed by atoms with Crippen LogP contribution in [0.4, 0.5) is 0 Å². The van der Waals surface area contributed by atoms with Gasteiger partial charge in [0.05, 0.1) is 12.5 Å². The maximum Gasteiger partial charge on any atom is 0.326 e. The molecule has 0 aliphatic carbocycles. The number of carbonyl (C=O) groups excluding carboxylic acids is 4. The van der Waals surface area contributed by atoms with Gasteiger partial charge in [-0.1, -0.05) is 0 Å². The van der Waals surface area contributed by atoms with Crippen LogP contribution in [0.25, 0.3) is 0 Å². The number of nitrogens with one attached hydrogen (secondary N) is 3. The maximum atomic E-state index is 12.6. The highest BCUT2D eigenvalue weighted by Crippen LogP contribution is 2.06. The molecule has 0 bridgehead atoms. The number of primary amides is 1. The van der Waals surface area contributed by atoms with Gasteiger partial charge in [-0.2, -0.15) is 23.5 Å². The summed E-state index contributed by atoms with van der Waals surface area (Å²) < 4.78 is 0. The third-order valence-electron chi connectivity index (χ3n) is 3.92. The van der Waals surface area contributed by atoms with Gasteiger partial charge in [0.25, 0.3) is 0 Å². The molecule has 0 aliphatic heterocycles. The summed E-state index contributed by atoms with van der Waals surface area (Å²) in [5.41, 5.74) is 10.6. The fraction of sp³-hybridized carbons (Fsp3) is 0.706. The Kier molecular flexibility index (Phi) is 13.9. The van der Waals surface area contributed by atoms with Gasteiger partial charge >= 0.3 is 5.97 Å². The lowest BCUT2D eigenvalue weighted by Gasteiger charge is -2.24. The van der Waals surface area contributed by atoms with Crippen LogP contribution in [0.2, 0.25) is 0 Å². The summed E-state index contributed by atoms with van der Waals surface area (Å²) in [6, 6.07) is -4.38. The van der Waals surface area contributed by atoms with Crippen LogP contribution in [0.3, 0.4) is 0 Å². The molecule has 0 aromatic carbocycles. The Labute approximate surface area is 184 Å². The average Bonchev–Trinajstić information content (AvgIpc) is 2.66. The second-order valence-corrected chi connectivity index (χ2v) is 8.52. The zero-order valence-electron chi connectivity index (χ0n) is 17.3. The Hall–Kier alpha value is -1.99. The first kappa shape index (κ1) is 28.0. The third-order valence-corrected chi connectivity index (χ3v) is 5.21. The van der Waals surface area contributed by atoms with Gasteiger partial charge in [0.1, 0.15) is 18.1 Å². The second-order valence-electron chi connectivity index (χ2n) is 6.54. The zero-order valence-corrected chi connectivity index (χ0v) is 18.9. The molecule has 0 aromatic rings. The summed E-state index contributed by atoms with van der Waals surface area (Å²) in [4.78, 5) is 59.8. The Bertz CT molecular complexity index is 619. The highest BCUT2D eigenvalue weighted by atomic mass is 32.2. The van der Waals surface area contributed by atoms with Crippen molar-refractivity contribution in [1.82, 2.24) is 16.0 Å². The van der Waals surface area contributed by atoms with E-state index in [1.54, 1.807) is 0 Å². The molecule has 30 heavy (non-hydrogen) atoms. The molecule has 4 unspecified atom stereocenters. The number of hydrogen-bond donors (Lipinski definition) is 6. The monoisotopic (exact) mass is 465 g/mol. The van der Waals surface area contributed by atoms with Crippen LogP contribution in [0.5, 0.6) is 0 Å². The summed E-state index contributed by atoms with van der Waals surface area (Å²) in [6.45, 7) is 1.41. The predicted molar refractivity (Wildman–Crippen MR) is 117 cm³/mol. The number of thioether (sulfide) groups is 2. The number of amides is 4. The summed E-state index contributed by atoms with van der Waals surface area (Å²) in [6.07, 6.45) is 3.59. The number of rotatable bonds is 15. The van der Waals surface area contributed by atoms with E-state index in [0.717, 1.165) is 0 Å². The van der Waals surface area contributed by atoms with E-state index in [4.69, 9.17) is 11.5 Å². The highest BCUT2D eigenvalue weighted by molar-refractivity contribution is 7.98. The second kappa shape index (κ2) is 14.9. The van der Waals surface area contributed by atoms with Gasteiger partial charge < -0.3 is 32.5 Å². The van der Waals surface area contributed by atoms with E-state index in [2.05, 4.69) is 16.0 Å². The first-order valence-corrected chi connectivity index (χ1v) is 12.0. The summed E-state index contributed by atoms with van der Waals surface area (Å²) in [7, 11) is 0. The number of carboxylic acids is 1. The number of hydrogen-bond acceptors (Lipinski definition) is 8. The van der Waals surface area contributed by atoms with E-state index in [1.165, 1.54) is 30.4 Å². The predicted octanol–water partition coefficient (Wildman–Crippen LogP) is -1.75. The van der Waals surface area contributed by atoms with E-state index < -0.39 is 60.2 Å². The molecule has 11 nitrogen and oxygen atoms in total. The van der Waals surface area contributed by atoms with Crippen LogP contribution in [0.15, 0.2) is 0 Å². The lowest BCUT2D eigenvalue weighted by atomic mass is 10.1. The molecular formula is C17H31N5O6S2. The van der Waals surface area contributed by atoms with Gasteiger partial charge in [0.15, 0.2) is 0 Å². The molecule has 0 heterocycles. The molecule has 0 fully saturated rings. The molecule has 13 heteroatoms. The number of carbonyl (C=O) groups is 5. The number of nitrogens with two attached hydrogens (primary N) is 2. The minimum Gasteiger partial charge on any atom is -0.480 e. The normalized spacial score (nSPS) is 14.7. The van der Waals surface area contributed by atoms with Crippen molar-refractivity contribution in [3.63, 3.8) is 0 Å². The fourth-order valence-corrected chi connectivity index (χ4v) is 3.20. The molecule has 0 saturated heterocycles. The lowest BCUT2D eigenvalue weighted by Crippen LogP contribution is -2.57. The fourth-order valence-electron chi connectivity index (χ4n) is 2.26. The van der Waals surface area contributed by atoms with E-state index in [0.29, 0.717) is 11.5 Å². The first-order valence-electron chi connectivity index (χ1n) is 9.19. The van der Waals surface area contributed by atoms with Gasteiger partial charge in [0.2, 0.25) is 23.6 Å². The molecule has 0 aromatic heterocycles. The number of carboxylic acid groups (broad SMARTS) is 1. The third kappa shape index (κ3) is 11.3. The molecule has 0 radical (unpaired) electrons. The Morgan fingerprint density at radius 3 is 1.70 bits per heavy atom. The van der Waals surface area contributed by atoms with Gasteiger partial charge in [0, 0.05) is 0 Å². The molecule has 0 saturated carbocycles. The van der Waals surface area contributed by atoms with E-state index in [1.807, 2.05) is 12.5 Å². The van der Waals surface area contributed by atoms with Crippen LogP contribution >= 0.6 is 23.5 Å². The molecule has 172 valence electrons. The van der Waals surface area contributed by atoms with Gasteiger partial charge in [-0.05, 0) is 43.8 Å². The Morgan fingerprint density at radius 1 is 0.833 bits per heavy atom. The van der Waals surface area contributed by atoms with Crippen molar-refractivity contribution in [3.05, 3.63) is 0 Å². The van der Waals surface area contributed by atoms with Crippen molar-refractivity contribution in [1.29, 1.82) is 0 Å². The molecule has 0 spiro atoms. The molecule has 0 rings (SSSR count). The molecule has 0 aliphatic rings. The van der Waals surface area contributed by atoms with Gasteiger partial charge in [-0.25, -0.2) is 4.79 Å². The lowest BCUT2D eigenvalue weighted by molar-refractivity contribution is -0.142. The Balaban J connectivity index is 5.34. The highest BCUT2D eigenvalue weighted by Gasteiger charge is 2.30. The van der Waals surface area contributed by atoms with Crippen LogP contribution in [-0.4, -0.2) is 82.9 Å². The van der Waals surface area contributed by atoms with Gasteiger partial charge in [-0.3, -0.25) is 19.2 Å².